The van der Waals surface area contributed by atoms with Gasteiger partial charge < -0.3 is 0 Å². The molecule has 1 aliphatic rings. The summed E-state index contributed by atoms with van der Waals surface area (Å²) in [5.41, 5.74) is 0. The maximum atomic E-state index is 2.40. The van der Waals surface area contributed by atoms with Gasteiger partial charge in [0.2, 0.25) is 0 Å². The van der Waals surface area contributed by atoms with E-state index in [9.17, 15) is 0 Å². The van der Waals surface area contributed by atoms with Crippen molar-refractivity contribution in [2.24, 2.45) is 0 Å². The molecule has 0 aromatic rings. The molecule has 2 heteroatoms. The van der Waals surface area contributed by atoms with Gasteiger partial charge in [0.15, 0.2) is 0 Å². The van der Waals surface area contributed by atoms with Crippen molar-refractivity contribution in [3.05, 3.63) is 0 Å². The first-order valence-corrected chi connectivity index (χ1v) is 5.79. The Morgan fingerprint density at radius 3 is 2.38 bits per heavy atom. The van der Waals surface area contributed by atoms with Crippen LogP contribution in [0.25, 0.3) is 0 Å². The van der Waals surface area contributed by atoms with Crippen molar-refractivity contribution < 1.29 is 0 Å². The van der Waals surface area contributed by atoms with Gasteiger partial charge in [0.05, 0.1) is 0 Å². The quantitative estimate of drug-likeness (QED) is 0.463. The summed E-state index contributed by atoms with van der Waals surface area (Å²) < 4.78 is 0. The smallest absolute Gasteiger partial charge is 0.0171 e. The average molecular weight is 148 g/mol. The fourth-order valence-electron chi connectivity index (χ4n) is 0.879. The lowest BCUT2D eigenvalue weighted by Crippen LogP contribution is -2.16. The highest BCUT2D eigenvalue weighted by Gasteiger charge is 2.19. The van der Waals surface area contributed by atoms with Crippen molar-refractivity contribution in [3.63, 3.8) is 0 Å². The minimum atomic E-state index is 0.714. The third-order valence-electron chi connectivity index (χ3n) is 1.62. The Morgan fingerprint density at radius 1 is 1.38 bits per heavy atom. The minimum Gasteiger partial charge on any atom is -0.118 e. The Hall–Kier alpha value is 0.860. The highest BCUT2D eigenvalue weighted by molar-refractivity contribution is 7.57. The summed E-state index contributed by atoms with van der Waals surface area (Å²) in [6.07, 6.45) is 2.98. The molecule has 0 saturated carbocycles. The van der Waals surface area contributed by atoms with Gasteiger partial charge in [-0.05, 0) is 23.6 Å². The molecular formula is C6H14P2. The SMILES string of the molecule is CC1(C)CCPCP1. The number of rotatable bonds is 0. The summed E-state index contributed by atoms with van der Waals surface area (Å²) in [5.74, 6) is 1.52. The molecule has 2 unspecified atom stereocenters. The van der Waals surface area contributed by atoms with Crippen LogP contribution in [-0.4, -0.2) is 17.2 Å². The Morgan fingerprint density at radius 2 is 2.12 bits per heavy atom. The molecule has 1 saturated heterocycles. The van der Waals surface area contributed by atoms with Gasteiger partial charge in [-0.15, -0.1) is 17.2 Å². The lowest BCUT2D eigenvalue weighted by atomic mass is 10.1. The molecule has 8 heavy (non-hydrogen) atoms. The molecule has 1 heterocycles. The Balaban J connectivity index is 2.33. The van der Waals surface area contributed by atoms with Crippen LogP contribution in [0.2, 0.25) is 0 Å². The Bertz CT molecular complexity index is 70.6. The van der Waals surface area contributed by atoms with Gasteiger partial charge >= 0.3 is 0 Å². The summed E-state index contributed by atoms with van der Waals surface area (Å²) in [5, 5.41) is 0.714. The van der Waals surface area contributed by atoms with Crippen LogP contribution in [-0.2, 0) is 0 Å². The van der Waals surface area contributed by atoms with E-state index in [1.54, 1.807) is 0 Å². The Labute approximate surface area is 55.4 Å². The second-order valence-corrected chi connectivity index (χ2v) is 7.11. The van der Waals surface area contributed by atoms with Gasteiger partial charge in [0.1, 0.15) is 0 Å². The molecule has 0 radical (unpaired) electrons. The fourth-order valence-corrected chi connectivity index (χ4v) is 5.35. The topological polar surface area (TPSA) is 0 Å². The zero-order valence-electron chi connectivity index (χ0n) is 5.62. The molecule has 0 aliphatic carbocycles. The number of hydrogen-bond donors (Lipinski definition) is 0. The fraction of sp³-hybridized carbons (Fsp3) is 1.00. The Kier molecular flexibility index (Phi) is 2.29. The largest absolute Gasteiger partial charge is 0.118 e. The van der Waals surface area contributed by atoms with E-state index in [4.69, 9.17) is 0 Å². The first-order chi connectivity index (χ1) is 3.71. The molecule has 48 valence electrons. The van der Waals surface area contributed by atoms with Crippen LogP contribution in [0.1, 0.15) is 20.3 Å². The summed E-state index contributed by atoms with van der Waals surface area (Å²) in [6.45, 7) is 4.80. The van der Waals surface area contributed by atoms with E-state index in [2.05, 4.69) is 13.8 Å². The molecule has 0 aromatic heterocycles. The van der Waals surface area contributed by atoms with Crippen molar-refractivity contribution in [1.82, 2.24) is 0 Å². The lowest BCUT2D eigenvalue weighted by molar-refractivity contribution is 0.679. The predicted molar refractivity (Wildman–Crippen MR) is 45.1 cm³/mol. The number of hydrogen-bond acceptors (Lipinski definition) is 0. The molecule has 0 aromatic carbocycles. The molecule has 1 fully saturated rings. The van der Waals surface area contributed by atoms with Gasteiger partial charge in [-0.3, -0.25) is 0 Å². The van der Waals surface area contributed by atoms with E-state index in [0.717, 1.165) is 0 Å². The summed E-state index contributed by atoms with van der Waals surface area (Å²) in [6, 6.07) is 0. The van der Waals surface area contributed by atoms with Gasteiger partial charge in [0, 0.05) is 0 Å². The van der Waals surface area contributed by atoms with Gasteiger partial charge in [-0.1, -0.05) is 13.8 Å². The van der Waals surface area contributed by atoms with Crippen LogP contribution >= 0.6 is 17.2 Å². The lowest BCUT2D eigenvalue weighted by Gasteiger charge is -2.28. The molecule has 0 spiro atoms. The highest BCUT2D eigenvalue weighted by Crippen LogP contribution is 2.44. The zero-order valence-corrected chi connectivity index (χ0v) is 7.62. The summed E-state index contributed by atoms with van der Waals surface area (Å²) >= 11 is 0. The van der Waals surface area contributed by atoms with E-state index >= 15 is 0 Å². The van der Waals surface area contributed by atoms with E-state index in [0.29, 0.717) is 5.16 Å². The van der Waals surface area contributed by atoms with Crippen molar-refractivity contribution >= 4 is 17.2 Å². The van der Waals surface area contributed by atoms with Crippen LogP contribution in [0.3, 0.4) is 0 Å². The highest BCUT2D eigenvalue weighted by atomic mass is 31.1. The summed E-state index contributed by atoms with van der Waals surface area (Å²) in [4.78, 5) is 0. The first kappa shape index (κ1) is 6.97. The van der Waals surface area contributed by atoms with Crippen molar-refractivity contribution in [3.8, 4) is 0 Å². The van der Waals surface area contributed by atoms with Crippen LogP contribution in [0.4, 0.5) is 0 Å². The van der Waals surface area contributed by atoms with Crippen LogP contribution in [0, 0.1) is 0 Å². The maximum Gasteiger partial charge on any atom is -0.0171 e. The second kappa shape index (κ2) is 2.63. The van der Waals surface area contributed by atoms with Crippen molar-refractivity contribution in [1.29, 1.82) is 0 Å². The molecule has 0 N–H and O–H groups in total. The molecule has 0 bridgehead atoms. The van der Waals surface area contributed by atoms with Gasteiger partial charge in [-0.25, -0.2) is 0 Å². The molecule has 0 amide bonds. The minimum absolute atomic E-state index is 0.714. The van der Waals surface area contributed by atoms with Crippen molar-refractivity contribution in [2.75, 3.05) is 12.1 Å². The van der Waals surface area contributed by atoms with E-state index < -0.39 is 0 Å². The first-order valence-electron chi connectivity index (χ1n) is 3.16. The van der Waals surface area contributed by atoms with Crippen LogP contribution in [0.15, 0.2) is 0 Å². The van der Waals surface area contributed by atoms with E-state index in [1.165, 1.54) is 35.6 Å². The van der Waals surface area contributed by atoms with Crippen molar-refractivity contribution in [2.45, 2.75) is 25.4 Å². The van der Waals surface area contributed by atoms with Gasteiger partial charge in [-0.2, -0.15) is 0 Å². The van der Waals surface area contributed by atoms with Crippen LogP contribution < -0.4 is 0 Å². The average Bonchev–Trinajstić information content (AvgIpc) is 1.65. The second-order valence-electron chi connectivity index (χ2n) is 2.99. The van der Waals surface area contributed by atoms with E-state index in [1.807, 2.05) is 0 Å². The molecule has 1 rings (SSSR count). The predicted octanol–water partition coefficient (Wildman–Crippen LogP) is 2.48. The third-order valence-corrected chi connectivity index (χ3v) is 5.14. The molecule has 0 nitrogen and oxygen atoms in total. The third kappa shape index (κ3) is 2.00. The molecular weight excluding hydrogens is 134 g/mol. The molecule has 2 atom stereocenters. The molecule has 1 aliphatic heterocycles. The zero-order chi connectivity index (χ0) is 6.04. The standard InChI is InChI=1S/C6H14P2/c1-6(2)3-4-7-5-8-6/h7-8H,3-5H2,1-2H3. The van der Waals surface area contributed by atoms with Crippen LogP contribution in [0.5, 0.6) is 0 Å². The maximum absolute atomic E-state index is 2.40. The summed E-state index contributed by atoms with van der Waals surface area (Å²) in [7, 11) is 2.52. The monoisotopic (exact) mass is 148 g/mol. The normalized spacial score (nSPS) is 33.8. The van der Waals surface area contributed by atoms with Gasteiger partial charge in [0.25, 0.3) is 0 Å². The van der Waals surface area contributed by atoms with E-state index in [-0.39, 0.29) is 0 Å².